The van der Waals surface area contributed by atoms with Crippen LogP contribution in [0.25, 0.3) is 28.9 Å². The van der Waals surface area contributed by atoms with E-state index in [0.717, 1.165) is 0 Å². The minimum atomic E-state index is -1.26. The maximum absolute atomic E-state index is 14.5. The van der Waals surface area contributed by atoms with Crippen LogP contribution in [0.5, 0.6) is 5.75 Å². The maximum Gasteiger partial charge on any atom is 0.357 e. The van der Waals surface area contributed by atoms with Gasteiger partial charge in [0.1, 0.15) is 17.8 Å². The van der Waals surface area contributed by atoms with Gasteiger partial charge in [-0.3, -0.25) is 0 Å². The Kier molecular flexibility index (Phi) is 11.9. The van der Waals surface area contributed by atoms with Crippen molar-refractivity contribution in [2.75, 3.05) is 32.8 Å². The third-order valence-electron chi connectivity index (χ3n) is 6.51. The standard InChI is InChI=1S/C16H15ClFN3O2.C15H15ClFN3O3/c1-4-10-13(16(22)23-3)20-15(21-14(10)19)9-5-6-12(17)11(7-9)8(2)18;1-4-7-11(15(21)23-3)19-14(20-13(7)18)8-5-6-9(16)12(22-2)10(8)17/h4-8H,1H2,2-3H3,(H2,19,20,21);5-6H,4H2,1-3H3,(H2,18,19,20). The number of rotatable bonds is 8. The average Bonchev–Trinajstić information content (AvgIpc) is 3.03. The van der Waals surface area contributed by atoms with Gasteiger partial charge in [0.15, 0.2) is 34.6 Å². The molecule has 1 atom stereocenters. The lowest BCUT2D eigenvalue weighted by Gasteiger charge is -2.12. The minimum Gasteiger partial charge on any atom is -0.492 e. The number of hydrogen-bond donors (Lipinski definition) is 2. The van der Waals surface area contributed by atoms with Crippen LogP contribution >= 0.6 is 23.2 Å². The third-order valence-corrected chi connectivity index (χ3v) is 7.15. The molecule has 15 heteroatoms. The van der Waals surface area contributed by atoms with E-state index in [0.29, 0.717) is 28.1 Å². The molecule has 0 aliphatic rings. The molecule has 1 unspecified atom stereocenters. The fraction of sp³-hybridized carbons (Fsp3) is 0.226. The van der Waals surface area contributed by atoms with E-state index in [1.807, 2.05) is 0 Å². The van der Waals surface area contributed by atoms with Crippen LogP contribution in [-0.2, 0) is 15.9 Å². The monoisotopic (exact) mass is 674 g/mol. The highest BCUT2D eigenvalue weighted by molar-refractivity contribution is 6.32. The first-order valence-electron chi connectivity index (χ1n) is 13.4. The summed E-state index contributed by atoms with van der Waals surface area (Å²) in [5.41, 5.74) is 13.3. The van der Waals surface area contributed by atoms with E-state index in [-0.39, 0.29) is 56.6 Å². The summed E-state index contributed by atoms with van der Waals surface area (Å²) in [6.07, 6.45) is 0.554. The minimum absolute atomic E-state index is 0.00482. The Labute approximate surface area is 273 Å². The molecule has 46 heavy (non-hydrogen) atoms. The Morgan fingerprint density at radius 2 is 1.52 bits per heavy atom. The largest absolute Gasteiger partial charge is 0.492 e. The van der Waals surface area contributed by atoms with Gasteiger partial charge in [-0.25, -0.2) is 38.3 Å². The SMILES string of the molecule is C=Cc1c(N)nc(-c2ccc(Cl)c(C(C)F)c2)nc1C(=O)OC.CCc1c(N)nc(-c2ccc(Cl)c(OC)c2F)nc1C(=O)OC. The zero-order valence-corrected chi connectivity index (χ0v) is 27.0. The van der Waals surface area contributed by atoms with Gasteiger partial charge < -0.3 is 25.7 Å². The van der Waals surface area contributed by atoms with Crippen LogP contribution in [0, 0.1) is 5.82 Å². The number of nitrogens with zero attached hydrogens (tertiary/aromatic N) is 4. The van der Waals surface area contributed by atoms with Gasteiger partial charge in [-0.05, 0) is 43.7 Å². The van der Waals surface area contributed by atoms with Gasteiger partial charge >= 0.3 is 11.9 Å². The molecule has 2 aromatic carbocycles. The van der Waals surface area contributed by atoms with E-state index in [4.69, 9.17) is 48.9 Å². The highest BCUT2D eigenvalue weighted by atomic mass is 35.5. The van der Waals surface area contributed by atoms with Crippen LogP contribution in [0.2, 0.25) is 10.0 Å². The molecule has 0 fully saturated rings. The van der Waals surface area contributed by atoms with Crippen LogP contribution in [0.4, 0.5) is 20.4 Å². The molecule has 11 nitrogen and oxygen atoms in total. The number of benzene rings is 2. The molecule has 0 amide bonds. The van der Waals surface area contributed by atoms with Gasteiger partial charge in [0.25, 0.3) is 0 Å². The van der Waals surface area contributed by atoms with Crippen molar-refractivity contribution in [2.45, 2.75) is 26.4 Å². The number of nitrogens with two attached hydrogens (primary N) is 2. The number of nitrogen functional groups attached to an aromatic ring is 2. The summed E-state index contributed by atoms with van der Waals surface area (Å²) < 4.78 is 42.4. The van der Waals surface area contributed by atoms with Crippen LogP contribution < -0.4 is 16.2 Å². The molecule has 0 radical (unpaired) electrons. The van der Waals surface area contributed by atoms with E-state index in [1.54, 1.807) is 19.1 Å². The number of aromatic nitrogens is 4. The van der Waals surface area contributed by atoms with Gasteiger partial charge in [0, 0.05) is 27.3 Å². The van der Waals surface area contributed by atoms with Crippen LogP contribution in [0.1, 0.15) is 57.7 Å². The number of carbonyl (C=O) groups is 2. The van der Waals surface area contributed by atoms with Crippen molar-refractivity contribution in [2.24, 2.45) is 0 Å². The Morgan fingerprint density at radius 1 is 0.935 bits per heavy atom. The number of ether oxygens (including phenoxy) is 3. The highest BCUT2D eigenvalue weighted by Gasteiger charge is 2.23. The van der Waals surface area contributed by atoms with Crippen molar-refractivity contribution < 1.29 is 32.6 Å². The van der Waals surface area contributed by atoms with Crippen molar-refractivity contribution in [1.29, 1.82) is 0 Å². The summed E-state index contributed by atoms with van der Waals surface area (Å²) in [4.78, 5) is 40.2. The van der Waals surface area contributed by atoms with Crippen molar-refractivity contribution in [3.8, 4) is 28.5 Å². The number of carbonyl (C=O) groups excluding carboxylic acids is 2. The van der Waals surface area contributed by atoms with Crippen molar-refractivity contribution in [3.05, 3.63) is 80.9 Å². The fourth-order valence-corrected chi connectivity index (χ4v) is 4.68. The van der Waals surface area contributed by atoms with Crippen LogP contribution in [-0.4, -0.2) is 53.2 Å². The van der Waals surface area contributed by atoms with E-state index in [9.17, 15) is 18.4 Å². The third kappa shape index (κ3) is 7.49. The Bertz CT molecular complexity index is 1810. The number of anilines is 2. The van der Waals surface area contributed by atoms with E-state index in [2.05, 4.69) is 26.5 Å². The lowest BCUT2D eigenvalue weighted by molar-refractivity contribution is 0.0584. The predicted molar refractivity (Wildman–Crippen MR) is 172 cm³/mol. The van der Waals surface area contributed by atoms with Crippen molar-refractivity contribution >= 4 is 52.9 Å². The van der Waals surface area contributed by atoms with Gasteiger partial charge in [0.05, 0.1) is 31.9 Å². The Hall–Kier alpha value is -4.88. The number of methoxy groups -OCH3 is 3. The maximum atomic E-state index is 14.5. The van der Waals surface area contributed by atoms with E-state index >= 15 is 0 Å². The second-order valence-electron chi connectivity index (χ2n) is 9.29. The molecular weight excluding hydrogens is 645 g/mol. The molecule has 2 heterocycles. The van der Waals surface area contributed by atoms with Crippen LogP contribution in [0.3, 0.4) is 0 Å². The molecule has 0 spiro atoms. The van der Waals surface area contributed by atoms with Crippen molar-refractivity contribution in [1.82, 2.24) is 19.9 Å². The molecular formula is C31H30Cl2F2N6O5. The first-order chi connectivity index (χ1) is 21.8. The Morgan fingerprint density at radius 3 is 2.09 bits per heavy atom. The van der Waals surface area contributed by atoms with Crippen LogP contribution in [0.15, 0.2) is 36.9 Å². The first kappa shape index (κ1) is 35.6. The second-order valence-corrected chi connectivity index (χ2v) is 10.1. The average molecular weight is 676 g/mol. The normalized spacial score (nSPS) is 11.2. The highest BCUT2D eigenvalue weighted by Crippen LogP contribution is 2.35. The van der Waals surface area contributed by atoms with E-state index < -0.39 is 23.9 Å². The second kappa shape index (κ2) is 15.4. The molecule has 242 valence electrons. The molecule has 4 aromatic rings. The summed E-state index contributed by atoms with van der Waals surface area (Å²) in [5.74, 6) is -1.91. The topological polar surface area (TPSA) is 165 Å². The molecule has 4 N–H and O–H groups in total. The van der Waals surface area contributed by atoms with Gasteiger partial charge in [0.2, 0.25) is 0 Å². The smallest absolute Gasteiger partial charge is 0.357 e. The summed E-state index contributed by atoms with van der Waals surface area (Å²) in [5, 5.41) is 0.410. The molecule has 4 rings (SSSR count). The molecule has 0 saturated carbocycles. The molecule has 0 aliphatic carbocycles. The zero-order chi connectivity index (χ0) is 34.3. The molecule has 2 aromatic heterocycles. The Balaban J connectivity index is 0.000000250. The van der Waals surface area contributed by atoms with Crippen molar-refractivity contribution in [3.63, 3.8) is 0 Å². The summed E-state index contributed by atoms with van der Waals surface area (Å²) in [7, 11) is 3.76. The first-order valence-corrected chi connectivity index (χ1v) is 14.2. The number of esters is 2. The molecule has 0 bridgehead atoms. The van der Waals surface area contributed by atoms with Gasteiger partial charge in [-0.1, -0.05) is 42.8 Å². The number of alkyl halides is 1. The van der Waals surface area contributed by atoms with E-state index in [1.165, 1.54) is 52.5 Å². The quantitative estimate of drug-likeness (QED) is 0.191. The predicted octanol–water partition coefficient (Wildman–Crippen LogP) is 6.72. The molecule has 0 aliphatic heterocycles. The summed E-state index contributed by atoms with van der Waals surface area (Å²) in [6, 6.07) is 7.53. The lowest BCUT2D eigenvalue weighted by atomic mass is 10.1. The fourth-order valence-electron chi connectivity index (χ4n) is 4.19. The van der Waals surface area contributed by atoms with Gasteiger partial charge in [-0.2, -0.15) is 0 Å². The summed E-state index contributed by atoms with van der Waals surface area (Å²) in [6.45, 7) is 6.76. The number of halogens is 4. The molecule has 0 saturated heterocycles. The van der Waals surface area contributed by atoms with Gasteiger partial charge in [-0.15, -0.1) is 0 Å². The summed E-state index contributed by atoms with van der Waals surface area (Å²) >= 11 is 11.8. The lowest BCUT2D eigenvalue weighted by Crippen LogP contribution is -2.13. The zero-order valence-electron chi connectivity index (χ0n) is 25.5. The number of hydrogen-bond acceptors (Lipinski definition) is 11.